The number of hydrogen-bond donors (Lipinski definition) is 0. The fourth-order valence-electron chi connectivity index (χ4n) is 8.04. The van der Waals surface area contributed by atoms with Gasteiger partial charge in [-0.1, -0.05) is 25.0 Å². The standard InChI is InChI=1S/C28H39N3O3/c1-34-24-9-5-4-8-23(24)30-14-12-29(13-15-30)17-21-6-2-3-7-22(21)18-31-27(32)25-19-10-11-20(16-19)26(25)28(31)33/h4-5,8-9,19-22,25-26H,2-3,6-7,10-18H2,1H3. The van der Waals surface area contributed by atoms with Crippen LogP contribution in [0.4, 0.5) is 5.69 Å². The summed E-state index contributed by atoms with van der Waals surface area (Å²) in [7, 11) is 1.74. The number of carbonyl (C=O) groups is 2. The second kappa shape index (κ2) is 9.18. The first-order valence-electron chi connectivity index (χ1n) is 13.6. The molecule has 1 aromatic rings. The molecule has 0 aromatic heterocycles. The molecule has 6 heteroatoms. The van der Waals surface area contributed by atoms with Crippen LogP contribution in [0.25, 0.3) is 0 Å². The molecule has 2 amide bonds. The lowest BCUT2D eigenvalue weighted by molar-refractivity contribution is -0.142. The maximum Gasteiger partial charge on any atom is 0.233 e. The summed E-state index contributed by atoms with van der Waals surface area (Å²) in [5.74, 6) is 3.37. The number of nitrogens with zero attached hydrogens (tertiary/aromatic N) is 3. The number of likely N-dealkylation sites (tertiary alicyclic amines) is 1. The molecule has 2 aliphatic heterocycles. The van der Waals surface area contributed by atoms with E-state index < -0.39 is 0 Å². The van der Waals surface area contributed by atoms with E-state index in [0.29, 0.717) is 30.2 Å². The van der Waals surface area contributed by atoms with E-state index in [2.05, 4.69) is 21.9 Å². The Kier molecular flexibility index (Phi) is 6.04. The number of imide groups is 1. The Morgan fingerprint density at radius 3 is 2.09 bits per heavy atom. The first-order chi connectivity index (χ1) is 16.6. The molecular weight excluding hydrogens is 426 g/mol. The molecule has 6 atom stereocenters. The summed E-state index contributed by atoms with van der Waals surface area (Å²) in [4.78, 5) is 33.3. The number of piperazine rings is 1. The number of ether oxygens (including phenoxy) is 1. The molecule has 6 rings (SSSR count). The summed E-state index contributed by atoms with van der Waals surface area (Å²) < 4.78 is 5.57. The third-order valence-corrected chi connectivity index (χ3v) is 9.79. The van der Waals surface area contributed by atoms with Gasteiger partial charge in [0.05, 0.1) is 24.6 Å². The Hall–Kier alpha value is -2.08. The number of carbonyl (C=O) groups excluding carboxylic acids is 2. The number of methoxy groups -OCH3 is 1. The van der Waals surface area contributed by atoms with Crippen LogP contribution in [-0.4, -0.2) is 68.0 Å². The summed E-state index contributed by atoms with van der Waals surface area (Å²) in [5, 5.41) is 0. The molecule has 5 aliphatic rings. The highest BCUT2D eigenvalue weighted by molar-refractivity contribution is 6.06. The van der Waals surface area contributed by atoms with E-state index >= 15 is 0 Å². The third kappa shape index (κ3) is 3.82. The van der Waals surface area contributed by atoms with Crippen LogP contribution in [-0.2, 0) is 9.59 Å². The second-order valence-electron chi connectivity index (χ2n) is 11.4. The van der Waals surface area contributed by atoms with Gasteiger partial charge in [0.1, 0.15) is 5.75 Å². The minimum absolute atomic E-state index is 0.0244. The Labute approximate surface area is 203 Å². The molecular formula is C28H39N3O3. The normalized spacial score (nSPS) is 35.8. The van der Waals surface area contributed by atoms with E-state index in [1.807, 2.05) is 12.1 Å². The summed E-state index contributed by atoms with van der Waals surface area (Å²) >= 11 is 0. The molecule has 0 spiro atoms. The monoisotopic (exact) mass is 465 g/mol. The van der Waals surface area contributed by atoms with Crippen LogP contribution in [0.3, 0.4) is 0 Å². The number of para-hydroxylation sites is 2. The minimum atomic E-state index is 0.0244. The summed E-state index contributed by atoms with van der Waals surface area (Å²) in [5.41, 5.74) is 1.19. The van der Waals surface area contributed by atoms with Crippen molar-refractivity contribution in [3.05, 3.63) is 24.3 Å². The Morgan fingerprint density at radius 2 is 1.44 bits per heavy atom. The Morgan fingerprint density at radius 1 is 0.824 bits per heavy atom. The molecule has 6 nitrogen and oxygen atoms in total. The van der Waals surface area contributed by atoms with Gasteiger partial charge in [0.15, 0.2) is 0 Å². The molecule has 3 aliphatic carbocycles. The number of rotatable bonds is 6. The second-order valence-corrected chi connectivity index (χ2v) is 11.4. The maximum absolute atomic E-state index is 13.3. The molecule has 184 valence electrons. The molecule has 1 aromatic carbocycles. The van der Waals surface area contributed by atoms with Gasteiger partial charge in [-0.15, -0.1) is 0 Å². The molecule has 3 saturated carbocycles. The van der Waals surface area contributed by atoms with Gasteiger partial charge in [-0.05, 0) is 67.9 Å². The number of hydrogen-bond acceptors (Lipinski definition) is 5. The zero-order valence-corrected chi connectivity index (χ0v) is 20.5. The summed E-state index contributed by atoms with van der Waals surface area (Å²) in [6.07, 6.45) is 8.33. The van der Waals surface area contributed by atoms with Crippen molar-refractivity contribution in [2.45, 2.75) is 44.9 Å². The molecule has 34 heavy (non-hydrogen) atoms. The molecule has 0 N–H and O–H groups in total. The van der Waals surface area contributed by atoms with Gasteiger partial charge in [0.2, 0.25) is 11.8 Å². The maximum atomic E-state index is 13.3. The van der Waals surface area contributed by atoms with Gasteiger partial charge >= 0.3 is 0 Å². The van der Waals surface area contributed by atoms with Crippen LogP contribution in [0.15, 0.2) is 24.3 Å². The number of anilines is 1. The van der Waals surface area contributed by atoms with Gasteiger partial charge in [0, 0.05) is 39.3 Å². The van der Waals surface area contributed by atoms with Crippen LogP contribution in [0.5, 0.6) is 5.75 Å². The summed E-state index contributed by atoms with van der Waals surface area (Å²) in [6.45, 7) is 5.89. The predicted molar refractivity (Wildman–Crippen MR) is 132 cm³/mol. The van der Waals surface area contributed by atoms with E-state index in [0.717, 1.165) is 64.2 Å². The van der Waals surface area contributed by atoms with Gasteiger partial charge in [-0.3, -0.25) is 19.4 Å². The van der Waals surface area contributed by atoms with Crippen molar-refractivity contribution in [2.75, 3.05) is 51.3 Å². The highest BCUT2D eigenvalue weighted by Crippen LogP contribution is 2.56. The van der Waals surface area contributed by atoms with Crippen molar-refractivity contribution < 1.29 is 14.3 Å². The predicted octanol–water partition coefficient (Wildman–Crippen LogP) is 3.65. The molecule has 2 heterocycles. The van der Waals surface area contributed by atoms with Crippen LogP contribution < -0.4 is 9.64 Å². The van der Waals surface area contributed by atoms with E-state index in [1.54, 1.807) is 12.0 Å². The SMILES string of the molecule is COc1ccccc1N1CCN(CC2CCCCC2CN2C(=O)C3C4CCC(C4)C3C2=O)CC1. The molecule has 2 saturated heterocycles. The number of amides is 2. The third-order valence-electron chi connectivity index (χ3n) is 9.79. The molecule has 5 fully saturated rings. The Balaban J connectivity index is 1.07. The van der Waals surface area contributed by atoms with Gasteiger partial charge in [-0.25, -0.2) is 0 Å². The van der Waals surface area contributed by atoms with Crippen molar-refractivity contribution in [3.63, 3.8) is 0 Å². The highest BCUT2D eigenvalue weighted by atomic mass is 16.5. The minimum Gasteiger partial charge on any atom is -0.495 e. The first kappa shape index (κ1) is 22.4. The number of benzene rings is 1. The van der Waals surface area contributed by atoms with Crippen molar-refractivity contribution in [1.82, 2.24) is 9.80 Å². The average molecular weight is 466 g/mol. The van der Waals surface area contributed by atoms with Crippen LogP contribution >= 0.6 is 0 Å². The van der Waals surface area contributed by atoms with Crippen LogP contribution in [0, 0.1) is 35.5 Å². The smallest absolute Gasteiger partial charge is 0.233 e. The van der Waals surface area contributed by atoms with E-state index in [4.69, 9.17) is 4.74 Å². The van der Waals surface area contributed by atoms with Crippen molar-refractivity contribution in [3.8, 4) is 5.75 Å². The van der Waals surface area contributed by atoms with E-state index in [-0.39, 0.29) is 23.7 Å². The largest absolute Gasteiger partial charge is 0.495 e. The molecule has 0 radical (unpaired) electrons. The van der Waals surface area contributed by atoms with Crippen LogP contribution in [0.2, 0.25) is 0 Å². The molecule has 2 bridgehead atoms. The summed E-state index contributed by atoms with van der Waals surface area (Å²) in [6, 6.07) is 8.29. The lowest BCUT2D eigenvalue weighted by atomic mass is 9.78. The van der Waals surface area contributed by atoms with Crippen molar-refractivity contribution >= 4 is 17.5 Å². The average Bonchev–Trinajstić information content (AvgIpc) is 3.56. The van der Waals surface area contributed by atoms with Gasteiger partial charge in [0.25, 0.3) is 0 Å². The van der Waals surface area contributed by atoms with E-state index in [9.17, 15) is 9.59 Å². The van der Waals surface area contributed by atoms with E-state index in [1.165, 1.54) is 24.9 Å². The number of fused-ring (bicyclic) bond motifs is 5. The topological polar surface area (TPSA) is 53.1 Å². The molecule has 6 unspecified atom stereocenters. The fraction of sp³-hybridized carbons (Fsp3) is 0.714. The zero-order chi connectivity index (χ0) is 23.2. The Bertz CT molecular complexity index is 899. The van der Waals surface area contributed by atoms with Crippen molar-refractivity contribution in [2.24, 2.45) is 35.5 Å². The fourth-order valence-corrected chi connectivity index (χ4v) is 8.04. The van der Waals surface area contributed by atoms with Crippen molar-refractivity contribution in [1.29, 1.82) is 0 Å². The van der Waals surface area contributed by atoms with Crippen LogP contribution in [0.1, 0.15) is 44.9 Å². The lowest BCUT2D eigenvalue weighted by Gasteiger charge is -2.41. The van der Waals surface area contributed by atoms with Gasteiger partial charge in [-0.2, -0.15) is 0 Å². The lowest BCUT2D eigenvalue weighted by Crippen LogP contribution is -2.49. The van der Waals surface area contributed by atoms with Gasteiger partial charge < -0.3 is 9.64 Å². The first-order valence-corrected chi connectivity index (χ1v) is 13.6. The highest BCUT2D eigenvalue weighted by Gasteiger charge is 2.61. The quantitative estimate of drug-likeness (QED) is 0.601. The zero-order valence-electron chi connectivity index (χ0n) is 20.5.